The van der Waals surface area contributed by atoms with Crippen molar-refractivity contribution in [3.63, 3.8) is 0 Å². The Hall–Kier alpha value is -0.980. The Bertz CT molecular complexity index is 635. The minimum Gasteiger partial charge on any atom is -0.299 e. The van der Waals surface area contributed by atoms with Gasteiger partial charge in [0.05, 0.1) is 4.90 Å². The molecule has 1 aromatic carbocycles. The zero-order chi connectivity index (χ0) is 15.7. The van der Waals surface area contributed by atoms with E-state index >= 15 is 0 Å². The molecule has 4 rings (SSSR count). The molecule has 3 fully saturated rings. The lowest BCUT2D eigenvalue weighted by atomic mass is 9.74. The van der Waals surface area contributed by atoms with Crippen molar-refractivity contribution in [2.45, 2.75) is 37.1 Å². The summed E-state index contributed by atoms with van der Waals surface area (Å²) in [5.41, 5.74) is 0. The number of hydrogen-bond acceptors (Lipinski definition) is 3. The maximum Gasteiger partial charge on any atom is 0.240 e. The fraction of sp³-hybridized carbons (Fsp3) is 0.625. The first-order chi connectivity index (χ1) is 10.5. The van der Waals surface area contributed by atoms with E-state index in [0.29, 0.717) is 6.54 Å². The van der Waals surface area contributed by atoms with Gasteiger partial charge in [-0.25, -0.2) is 17.5 Å². The van der Waals surface area contributed by atoms with Gasteiger partial charge in [-0.2, -0.15) is 0 Å². The molecule has 3 aliphatic heterocycles. The van der Waals surface area contributed by atoms with E-state index in [1.165, 1.54) is 31.0 Å². The van der Waals surface area contributed by atoms with E-state index in [1.54, 1.807) is 0 Å². The Kier molecular flexibility index (Phi) is 4.52. The molecule has 2 bridgehead atoms. The fourth-order valence-electron chi connectivity index (χ4n) is 3.85. The van der Waals surface area contributed by atoms with Crippen LogP contribution in [0.15, 0.2) is 29.2 Å². The number of sulfonamides is 1. The van der Waals surface area contributed by atoms with E-state index < -0.39 is 15.8 Å². The van der Waals surface area contributed by atoms with Crippen LogP contribution in [0.4, 0.5) is 4.39 Å². The van der Waals surface area contributed by atoms with Crippen LogP contribution in [0, 0.1) is 17.7 Å². The summed E-state index contributed by atoms with van der Waals surface area (Å²) in [6, 6.07) is 5.41. The Morgan fingerprint density at radius 2 is 2.23 bits per heavy atom. The molecule has 0 saturated carbocycles. The lowest BCUT2D eigenvalue weighted by Gasteiger charge is -2.49. The monoisotopic (exact) mass is 326 g/mol. The number of hydrogen-bond donors (Lipinski definition) is 1. The highest BCUT2D eigenvalue weighted by atomic mass is 32.2. The highest BCUT2D eigenvalue weighted by molar-refractivity contribution is 7.89. The smallest absolute Gasteiger partial charge is 0.240 e. The van der Waals surface area contributed by atoms with E-state index in [0.717, 1.165) is 37.4 Å². The van der Waals surface area contributed by atoms with Crippen LogP contribution in [0.25, 0.3) is 0 Å². The molecule has 0 aliphatic carbocycles. The number of nitrogens with zero attached hydrogens (tertiary/aromatic N) is 1. The topological polar surface area (TPSA) is 49.4 Å². The van der Waals surface area contributed by atoms with Gasteiger partial charge in [0.1, 0.15) is 5.82 Å². The summed E-state index contributed by atoms with van der Waals surface area (Å²) in [5, 5.41) is 0. The molecule has 1 unspecified atom stereocenters. The second-order valence-corrected chi connectivity index (χ2v) is 8.18. The number of nitrogens with one attached hydrogen (secondary N) is 1. The van der Waals surface area contributed by atoms with Crippen LogP contribution in [-0.4, -0.2) is 39.0 Å². The Balaban J connectivity index is 1.63. The molecule has 0 radical (unpaired) electrons. The van der Waals surface area contributed by atoms with Crippen molar-refractivity contribution in [3.05, 3.63) is 30.1 Å². The van der Waals surface area contributed by atoms with Gasteiger partial charge >= 0.3 is 0 Å². The minimum atomic E-state index is -3.63. The molecule has 22 heavy (non-hydrogen) atoms. The number of rotatable bonds is 5. The van der Waals surface area contributed by atoms with Gasteiger partial charge in [0, 0.05) is 19.1 Å². The predicted octanol–water partition coefficient (Wildman–Crippen LogP) is 2.22. The molecule has 3 heterocycles. The molecular weight excluding hydrogens is 303 g/mol. The SMILES string of the molecule is CC[C@@H]1CN2CC[C@H]1C[C@@H]2CNS(=O)(=O)c1cccc(F)c1. The molecule has 1 N–H and O–H groups in total. The Morgan fingerprint density at radius 1 is 1.41 bits per heavy atom. The second-order valence-electron chi connectivity index (χ2n) is 6.41. The third-order valence-electron chi connectivity index (χ3n) is 5.15. The average Bonchev–Trinajstić information content (AvgIpc) is 2.53. The summed E-state index contributed by atoms with van der Waals surface area (Å²) >= 11 is 0. The Morgan fingerprint density at radius 3 is 2.86 bits per heavy atom. The van der Waals surface area contributed by atoms with Crippen molar-refractivity contribution in [3.8, 4) is 0 Å². The second kappa shape index (κ2) is 6.26. The van der Waals surface area contributed by atoms with E-state index in [1.807, 2.05) is 0 Å². The zero-order valence-electron chi connectivity index (χ0n) is 12.8. The molecule has 3 saturated heterocycles. The van der Waals surface area contributed by atoms with Crippen molar-refractivity contribution in [1.29, 1.82) is 0 Å². The van der Waals surface area contributed by atoms with Crippen LogP contribution in [0.2, 0.25) is 0 Å². The highest BCUT2D eigenvalue weighted by Crippen LogP contribution is 2.37. The van der Waals surface area contributed by atoms with Crippen molar-refractivity contribution < 1.29 is 12.8 Å². The number of benzene rings is 1. The lowest BCUT2D eigenvalue weighted by Crippen LogP contribution is -2.56. The largest absolute Gasteiger partial charge is 0.299 e. The van der Waals surface area contributed by atoms with Gasteiger partial charge in [-0.3, -0.25) is 4.90 Å². The van der Waals surface area contributed by atoms with Gasteiger partial charge in [-0.05, 0) is 49.4 Å². The van der Waals surface area contributed by atoms with Gasteiger partial charge in [0.2, 0.25) is 10.0 Å². The van der Waals surface area contributed by atoms with Gasteiger partial charge < -0.3 is 0 Å². The minimum absolute atomic E-state index is 0.00472. The normalized spacial score (nSPS) is 31.4. The van der Waals surface area contributed by atoms with Crippen LogP contribution < -0.4 is 4.72 Å². The van der Waals surface area contributed by atoms with Crippen molar-refractivity contribution in [1.82, 2.24) is 9.62 Å². The fourth-order valence-corrected chi connectivity index (χ4v) is 4.95. The quantitative estimate of drug-likeness (QED) is 0.903. The molecule has 0 amide bonds. The van der Waals surface area contributed by atoms with Crippen LogP contribution in [-0.2, 0) is 10.0 Å². The molecule has 0 aromatic heterocycles. The van der Waals surface area contributed by atoms with E-state index in [2.05, 4.69) is 16.5 Å². The average molecular weight is 326 g/mol. The molecule has 1 aromatic rings. The van der Waals surface area contributed by atoms with Crippen molar-refractivity contribution >= 4 is 10.0 Å². The summed E-state index contributed by atoms with van der Waals surface area (Å²) in [5.74, 6) is 0.942. The van der Waals surface area contributed by atoms with Crippen LogP contribution in [0.1, 0.15) is 26.2 Å². The maximum atomic E-state index is 13.2. The molecular formula is C16H23FN2O2S. The summed E-state index contributed by atoms with van der Waals surface area (Å²) in [6.07, 6.45) is 3.48. The lowest BCUT2D eigenvalue weighted by molar-refractivity contribution is 0.00236. The summed E-state index contributed by atoms with van der Waals surface area (Å²) in [4.78, 5) is 2.40. The summed E-state index contributed by atoms with van der Waals surface area (Å²) in [6.45, 7) is 4.78. The van der Waals surface area contributed by atoms with E-state index in [9.17, 15) is 12.8 Å². The van der Waals surface area contributed by atoms with Crippen LogP contribution >= 0.6 is 0 Å². The summed E-state index contributed by atoms with van der Waals surface area (Å²) in [7, 11) is -3.63. The molecule has 3 aliphatic rings. The predicted molar refractivity (Wildman–Crippen MR) is 83.5 cm³/mol. The van der Waals surface area contributed by atoms with Crippen LogP contribution in [0.3, 0.4) is 0 Å². The van der Waals surface area contributed by atoms with Crippen molar-refractivity contribution in [2.24, 2.45) is 11.8 Å². The first-order valence-corrected chi connectivity index (χ1v) is 9.47. The number of piperidine rings is 3. The van der Waals surface area contributed by atoms with E-state index in [4.69, 9.17) is 0 Å². The first-order valence-electron chi connectivity index (χ1n) is 7.99. The molecule has 0 spiro atoms. The highest BCUT2D eigenvalue weighted by Gasteiger charge is 2.39. The summed E-state index contributed by atoms with van der Waals surface area (Å²) < 4.78 is 40.4. The first kappa shape index (κ1) is 15.9. The molecule has 4 atom stereocenters. The van der Waals surface area contributed by atoms with Gasteiger partial charge in [-0.1, -0.05) is 19.4 Å². The van der Waals surface area contributed by atoms with Crippen LogP contribution in [0.5, 0.6) is 0 Å². The molecule has 122 valence electrons. The number of halogens is 1. The molecule has 4 nitrogen and oxygen atoms in total. The number of fused-ring (bicyclic) bond motifs is 3. The van der Waals surface area contributed by atoms with Crippen molar-refractivity contribution in [2.75, 3.05) is 19.6 Å². The maximum absolute atomic E-state index is 13.2. The zero-order valence-corrected chi connectivity index (χ0v) is 13.7. The van der Waals surface area contributed by atoms with Gasteiger partial charge in [0.25, 0.3) is 0 Å². The third kappa shape index (κ3) is 3.19. The molecule has 6 heteroatoms. The van der Waals surface area contributed by atoms with Gasteiger partial charge in [0.15, 0.2) is 0 Å². The van der Waals surface area contributed by atoms with E-state index in [-0.39, 0.29) is 10.9 Å². The third-order valence-corrected chi connectivity index (χ3v) is 6.57. The Labute approximate surface area is 131 Å². The van der Waals surface area contributed by atoms with Gasteiger partial charge in [-0.15, -0.1) is 0 Å². The standard InChI is InChI=1S/C16H23FN2O2S/c1-2-12-11-19-7-6-13(12)8-15(19)10-18-22(20,21)16-5-3-4-14(17)9-16/h3-5,9,12-13,15,18H,2,6-8,10-11H2,1H3/t12-,13+,15-/m1/s1.